The Labute approximate surface area is 37.0 Å². The summed E-state index contributed by atoms with van der Waals surface area (Å²) in [6, 6.07) is 0.0783. The van der Waals surface area contributed by atoms with Crippen LogP contribution in [0.3, 0.4) is 0 Å². The first-order valence-electron chi connectivity index (χ1n) is 0.984. The van der Waals surface area contributed by atoms with Crippen molar-refractivity contribution >= 4 is 20.6 Å². The Bertz CT molecular complexity index is 17.1. The Balaban J connectivity index is 2.19. The third-order valence-electron chi connectivity index (χ3n) is 0.119. The van der Waals surface area contributed by atoms with Crippen LogP contribution in [0, 0.1) is 0 Å². The fourth-order valence-corrected chi connectivity index (χ4v) is 0.220. The van der Waals surface area contributed by atoms with Crippen LogP contribution in [0.25, 0.3) is 0 Å². The normalized spacial score (nSPS) is 10.8. The average Bonchev–Trinajstić information content (AvgIpc) is 1.41. The predicted octanol–water partition coefficient (Wildman–Crippen LogP) is 0.700. The maximum Gasteiger partial charge on any atom is 0.153 e. The molecule has 1 N–H and O–H groups in total. The Morgan fingerprint density at radius 2 is 2.60 bits per heavy atom. The van der Waals surface area contributed by atoms with Crippen LogP contribution in [-0.4, -0.2) is 11.0 Å². The monoisotopic (exact) mass is 114 g/mol. The highest BCUT2D eigenvalue weighted by Crippen LogP contribution is 2.01. The summed E-state index contributed by atoms with van der Waals surface area (Å²) in [4.78, 5) is 7.79. The molecule has 0 aliphatic carbocycles. The van der Waals surface area contributed by atoms with Gasteiger partial charge in [-0.25, -0.2) is 0 Å². The number of hydrogen-bond donors (Lipinski definition) is 1. The van der Waals surface area contributed by atoms with Gasteiger partial charge in [-0.15, -0.1) is 0 Å². The number of alkyl halides is 1. The quantitative estimate of drug-likeness (QED) is 0.423. The zero-order valence-electron chi connectivity index (χ0n) is 2.44. The molecule has 1 unspecified atom stereocenters. The van der Waals surface area contributed by atoms with E-state index in [4.69, 9.17) is 16.5 Å². The van der Waals surface area contributed by atoms with Gasteiger partial charge >= 0.3 is 0 Å². The molecular formula is CH4ClO2P. The lowest BCUT2D eigenvalue weighted by Gasteiger charge is -1.82. The van der Waals surface area contributed by atoms with E-state index >= 15 is 0 Å². The van der Waals surface area contributed by atoms with E-state index < -0.39 is 9.03 Å². The average molecular weight is 114 g/mol. The summed E-state index contributed by atoms with van der Waals surface area (Å²) >= 11 is 4.93. The molecule has 0 fully saturated rings. The Morgan fingerprint density at radius 1 is 2.00 bits per heavy atom. The molecule has 0 spiro atoms. The largest absolute Gasteiger partial charge is 0.352 e. The topological polar surface area (TPSA) is 29.5 Å². The molecular weight excluding hydrogens is 110 g/mol. The zero-order chi connectivity index (χ0) is 4.12. The van der Waals surface area contributed by atoms with Gasteiger partial charge in [-0.05, 0) is 0 Å². The zero-order valence-corrected chi connectivity index (χ0v) is 4.20. The van der Waals surface area contributed by atoms with Crippen LogP contribution < -0.4 is 0 Å². The smallest absolute Gasteiger partial charge is 0.153 e. The molecule has 2 nitrogen and oxygen atoms in total. The molecule has 0 aliphatic heterocycles. The van der Waals surface area contributed by atoms with Gasteiger partial charge in [0.2, 0.25) is 0 Å². The van der Waals surface area contributed by atoms with Crippen molar-refractivity contribution in [2.24, 2.45) is 0 Å². The molecule has 0 rings (SSSR count). The van der Waals surface area contributed by atoms with Crippen molar-refractivity contribution in [2.75, 3.05) is 6.07 Å². The maximum absolute atomic E-state index is 7.79. The van der Waals surface area contributed by atoms with Crippen LogP contribution in [-0.2, 0) is 4.52 Å². The van der Waals surface area contributed by atoms with Crippen molar-refractivity contribution in [1.29, 1.82) is 0 Å². The van der Waals surface area contributed by atoms with Gasteiger partial charge in [-0.3, -0.25) is 0 Å². The van der Waals surface area contributed by atoms with Gasteiger partial charge in [0.05, 0.1) is 0 Å². The minimum absolute atomic E-state index is 0.0783. The van der Waals surface area contributed by atoms with Crippen LogP contribution in [0.15, 0.2) is 0 Å². The Hall–Kier alpha value is 0.640. The van der Waals surface area contributed by atoms with Crippen molar-refractivity contribution in [1.82, 2.24) is 0 Å². The SMILES string of the molecule is OPOCCl. The van der Waals surface area contributed by atoms with Crippen molar-refractivity contribution in [3.05, 3.63) is 0 Å². The summed E-state index contributed by atoms with van der Waals surface area (Å²) in [6.07, 6.45) is 0. The molecule has 0 heterocycles. The number of hydrogen-bond acceptors (Lipinski definition) is 2. The summed E-state index contributed by atoms with van der Waals surface area (Å²) in [7, 11) is -0.474. The van der Waals surface area contributed by atoms with Gasteiger partial charge in [-0.2, -0.15) is 0 Å². The molecule has 0 aromatic heterocycles. The van der Waals surface area contributed by atoms with Crippen LogP contribution in [0.1, 0.15) is 0 Å². The molecule has 0 saturated carbocycles. The second-order valence-electron chi connectivity index (χ2n) is 0.345. The molecule has 0 radical (unpaired) electrons. The third kappa shape index (κ3) is 4.64. The highest BCUT2D eigenvalue weighted by molar-refractivity contribution is 7.25. The van der Waals surface area contributed by atoms with Crippen LogP contribution in [0.4, 0.5) is 0 Å². The van der Waals surface area contributed by atoms with Crippen LogP contribution >= 0.6 is 20.6 Å². The van der Waals surface area contributed by atoms with Gasteiger partial charge < -0.3 is 9.42 Å². The van der Waals surface area contributed by atoms with E-state index in [2.05, 4.69) is 4.52 Å². The first-order valence-corrected chi connectivity index (χ1v) is 2.37. The van der Waals surface area contributed by atoms with Gasteiger partial charge in [-0.1, -0.05) is 11.6 Å². The van der Waals surface area contributed by atoms with Crippen LogP contribution in [0.5, 0.6) is 0 Å². The molecule has 0 amide bonds. The molecule has 0 saturated heterocycles. The third-order valence-corrected chi connectivity index (χ3v) is 0.685. The second-order valence-corrected chi connectivity index (χ2v) is 1.03. The highest BCUT2D eigenvalue weighted by atomic mass is 35.5. The lowest BCUT2D eigenvalue weighted by Crippen LogP contribution is -1.64. The number of halogens is 1. The standard InChI is InChI=1S/CH4ClO2P/c2-1-4-5-3/h3,5H,1H2. The molecule has 4 heteroatoms. The molecule has 0 aromatic carbocycles. The van der Waals surface area contributed by atoms with Gasteiger partial charge in [0, 0.05) is 0 Å². The summed E-state index contributed by atoms with van der Waals surface area (Å²) in [5.41, 5.74) is 0. The summed E-state index contributed by atoms with van der Waals surface area (Å²) in [6.45, 7) is 0. The molecule has 0 aromatic rings. The fourth-order valence-electron chi connectivity index (χ4n) is 0.0244. The van der Waals surface area contributed by atoms with Crippen molar-refractivity contribution in [2.45, 2.75) is 0 Å². The molecule has 0 aliphatic rings. The lowest BCUT2D eigenvalue weighted by atomic mass is 11.7. The van der Waals surface area contributed by atoms with E-state index in [1.807, 2.05) is 0 Å². The van der Waals surface area contributed by atoms with Gasteiger partial charge in [0.15, 0.2) is 9.03 Å². The van der Waals surface area contributed by atoms with E-state index in [1.54, 1.807) is 0 Å². The first kappa shape index (κ1) is 5.64. The fraction of sp³-hybridized carbons (Fsp3) is 1.00. The second kappa shape index (κ2) is 4.64. The predicted molar refractivity (Wildman–Crippen MR) is 22.3 cm³/mol. The molecule has 5 heavy (non-hydrogen) atoms. The van der Waals surface area contributed by atoms with E-state index in [0.29, 0.717) is 0 Å². The van der Waals surface area contributed by atoms with Crippen molar-refractivity contribution in [3.8, 4) is 0 Å². The molecule has 32 valence electrons. The highest BCUT2D eigenvalue weighted by Gasteiger charge is 1.68. The lowest BCUT2D eigenvalue weighted by molar-refractivity contribution is 0.390. The Morgan fingerprint density at radius 3 is 2.60 bits per heavy atom. The van der Waals surface area contributed by atoms with E-state index in [0.717, 1.165) is 0 Å². The minimum atomic E-state index is -0.474. The van der Waals surface area contributed by atoms with Gasteiger partial charge in [0.25, 0.3) is 0 Å². The molecule has 0 bridgehead atoms. The maximum atomic E-state index is 7.79. The van der Waals surface area contributed by atoms with E-state index in [-0.39, 0.29) is 6.07 Å². The minimum Gasteiger partial charge on any atom is -0.352 e. The van der Waals surface area contributed by atoms with Gasteiger partial charge in [0.1, 0.15) is 6.07 Å². The van der Waals surface area contributed by atoms with Crippen molar-refractivity contribution < 1.29 is 9.42 Å². The summed E-state index contributed by atoms with van der Waals surface area (Å²) in [5, 5.41) is 0. The van der Waals surface area contributed by atoms with E-state index in [1.165, 1.54) is 0 Å². The van der Waals surface area contributed by atoms with Crippen LogP contribution in [0.2, 0.25) is 0 Å². The summed E-state index contributed by atoms with van der Waals surface area (Å²) in [5.74, 6) is 0. The first-order chi connectivity index (χ1) is 2.41. The summed E-state index contributed by atoms with van der Waals surface area (Å²) < 4.78 is 4.18. The Kier molecular flexibility index (Phi) is 5.23. The van der Waals surface area contributed by atoms with Crippen molar-refractivity contribution in [3.63, 3.8) is 0 Å². The van der Waals surface area contributed by atoms with E-state index in [9.17, 15) is 0 Å². The number of rotatable bonds is 2. The molecule has 1 atom stereocenters.